The van der Waals surface area contributed by atoms with Crippen LogP contribution in [0, 0.1) is 0 Å². The van der Waals surface area contributed by atoms with Crippen LogP contribution < -0.4 is 9.47 Å². The van der Waals surface area contributed by atoms with Gasteiger partial charge in [0.1, 0.15) is 21.3 Å². The van der Waals surface area contributed by atoms with Crippen molar-refractivity contribution >= 4 is 55.2 Å². The number of sulfonamides is 2. The van der Waals surface area contributed by atoms with Crippen LogP contribution >= 0.6 is 23.2 Å². The average Bonchev–Trinajstić information content (AvgIpc) is 2.85. The first kappa shape index (κ1) is 33.9. The highest BCUT2D eigenvalue weighted by Gasteiger charge is 2.27. The molecule has 0 saturated carbocycles. The van der Waals surface area contributed by atoms with Gasteiger partial charge in [0.15, 0.2) is 0 Å². The van der Waals surface area contributed by atoms with Crippen LogP contribution in [0.5, 0.6) is 11.5 Å². The van der Waals surface area contributed by atoms with E-state index in [4.69, 9.17) is 32.7 Å². The summed E-state index contributed by atoms with van der Waals surface area (Å²) in [4.78, 5) is 27.8. The van der Waals surface area contributed by atoms with Crippen molar-refractivity contribution in [2.24, 2.45) is 0 Å². The number of halogens is 2. The van der Waals surface area contributed by atoms with E-state index in [0.29, 0.717) is 13.1 Å². The van der Waals surface area contributed by atoms with Crippen LogP contribution in [0.15, 0.2) is 46.2 Å². The molecule has 0 N–H and O–H groups in total. The van der Waals surface area contributed by atoms with Crippen LogP contribution in [0.2, 0.25) is 10.0 Å². The monoisotopic (exact) mass is 638 g/mol. The Morgan fingerprint density at radius 3 is 1.23 bits per heavy atom. The number of likely N-dealkylation sites (N-methyl/N-ethyl adjacent to an activating group) is 4. The third kappa shape index (κ3) is 8.85. The molecule has 0 aliphatic heterocycles. The van der Waals surface area contributed by atoms with Gasteiger partial charge < -0.3 is 19.3 Å². The van der Waals surface area contributed by atoms with E-state index in [1.807, 2.05) is 38.0 Å². The summed E-state index contributed by atoms with van der Waals surface area (Å²) in [5.74, 6) is -3.24. The van der Waals surface area contributed by atoms with Gasteiger partial charge in [-0.15, -0.1) is 0 Å². The van der Waals surface area contributed by atoms with Crippen molar-refractivity contribution in [3.8, 4) is 11.5 Å². The predicted octanol–water partition coefficient (Wildman–Crippen LogP) is 1.87. The molecule has 12 nitrogen and oxygen atoms in total. The third-order valence-electron chi connectivity index (χ3n) is 5.50. The van der Waals surface area contributed by atoms with Gasteiger partial charge in [-0.25, -0.2) is 26.4 Å². The lowest BCUT2D eigenvalue weighted by atomic mass is 10.3. The maximum atomic E-state index is 12.8. The fraction of sp³-hybridized carbons (Fsp3) is 0.417. The van der Waals surface area contributed by atoms with E-state index in [0.717, 1.165) is 32.9 Å². The first-order valence-electron chi connectivity index (χ1n) is 11.7. The first-order chi connectivity index (χ1) is 18.5. The molecule has 16 heteroatoms. The van der Waals surface area contributed by atoms with Crippen LogP contribution in [-0.4, -0.2) is 116 Å². The maximum absolute atomic E-state index is 12.8. The Labute approximate surface area is 245 Å². The minimum Gasteiger partial charge on any atom is -0.418 e. The summed E-state index contributed by atoms with van der Waals surface area (Å²) in [6.07, 6.45) is 0. The molecule has 0 saturated heterocycles. The second-order valence-electron chi connectivity index (χ2n) is 9.22. The predicted molar refractivity (Wildman–Crippen MR) is 151 cm³/mol. The molecule has 0 atom stereocenters. The molecule has 222 valence electrons. The Morgan fingerprint density at radius 2 is 0.950 bits per heavy atom. The Hall–Kier alpha value is -2.30. The fourth-order valence-electron chi connectivity index (χ4n) is 3.06. The van der Waals surface area contributed by atoms with Crippen molar-refractivity contribution < 1.29 is 35.9 Å². The lowest BCUT2D eigenvalue weighted by Gasteiger charge is -2.20. The van der Waals surface area contributed by atoms with Gasteiger partial charge in [-0.05, 0) is 52.5 Å². The van der Waals surface area contributed by atoms with Crippen molar-refractivity contribution in [1.82, 2.24) is 18.4 Å². The Kier molecular flexibility index (Phi) is 11.9. The average molecular weight is 640 g/mol. The zero-order chi connectivity index (χ0) is 30.4. The van der Waals surface area contributed by atoms with Crippen LogP contribution in [-0.2, 0) is 29.6 Å². The van der Waals surface area contributed by atoms with Gasteiger partial charge in [0.2, 0.25) is 20.0 Å². The lowest BCUT2D eigenvalue weighted by Crippen LogP contribution is -2.33. The molecule has 0 radical (unpaired) electrons. The van der Waals surface area contributed by atoms with Gasteiger partial charge in [-0.3, -0.25) is 0 Å². The molecule has 2 rings (SSSR count). The summed E-state index contributed by atoms with van der Waals surface area (Å²) in [5.41, 5.74) is 0. The maximum Gasteiger partial charge on any atom is 0.423 e. The highest BCUT2D eigenvalue weighted by Crippen LogP contribution is 2.30. The smallest absolute Gasteiger partial charge is 0.418 e. The van der Waals surface area contributed by atoms with Crippen LogP contribution in [0.1, 0.15) is 0 Å². The van der Waals surface area contributed by atoms with E-state index in [-0.39, 0.29) is 44.4 Å². The summed E-state index contributed by atoms with van der Waals surface area (Å²) >= 11 is 12.3. The van der Waals surface area contributed by atoms with Gasteiger partial charge in [0.25, 0.3) is 0 Å². The van der Waals surface area contributed by atoms with Gasteiger partial charge in [-0.2, -0.15) is 8.61 Å². The summed E-state index contributed by atoms with van der Waals surface area (Å²) in [6, 6.07) is 6.84. The first-order valence-corrected chi connectivity index (χ1v) is 15.4. The van der Waals surface area contributed by atoms with E-state index < -0.39 is 32.0 Å². The number of benzene rings is 2. The molecule has 0 aromatic heterocycles. The molecular weight excluding hydrogens is 607 g/mol. The molecule has 0 bridgehead atoms. The van der Waals surface area contributed by atoms with Crippen molar-refractivity contribution in [2.45, 2.75) is 9.79 Å². The molecule has 0 fully saturated rings. The number of ether oxygens (including phenoxy) is 2. The minimum absolute atomic E-state index is 0.193. The van der Waals surface area contributed by atoms with Crippen molar-refractivity contribution in [2.75, 3.05) is 68.5 Å². The van der Waals surface area contributed by atoms with Gasteiger partial charge in [0, 0.05) is 52.4 Å². The second kappa shape index (κ2) is 14.0. The number of hydrogen-bond donors (Lipinski definition) is 0. The molecule has 2 aromatic carbocycles. The molecule has 0 amide bonds. The quantitative estimate of drug-likeness (QED) is 0.193. The van der Waals surface area contributed by atoms with E-state index in [2.05, 4.69) is 0 Å². The normalized spacial score (nSPS) is 12.4. The molecule has 0 unspecified atom stereocenters. The molecule has 0 heterocycles. The van der Waals surface area contributed by atoms with Crippen LogP contribution in [0.4, 0.5) is 0 Å². The second-order valence-corrected chi connectivity index (χ2v) is 14.1. The Morgan fingerprint density at radius 1 is 0.625 bits per heavy atom. The highest BCUT2D eigenvalue weighted by molar-refractivity contribution is 7.89. The Bertz CT molecular complexity index is 1340. The number of esters is 2. The zero-order valence-electron chi connectivity index (χ0n) is 22.9. The van der Waals surface area contributed by atoms with Crippen molar-refractivity contribution in [3.63, 3.8) is 0 Å². The van der Waals surface area contributed by atoms with E-state index in [1.165, 1.54) is 26.2 Å². The standard InChI is InChI=1S/C24H32Cl2N4O8S2/c1-27(2)11-13-29(5)39(33,34)21-9-7-17(15-19(21)25)37-23(31)24(32)38-18-8-10-22(20(26)16-18)40(35,36)30(6)14-12-28(3)4/h7-10,15-16H,11-14H2,1-6H3. The fourth-order valence-corrected chi connectivity index (χ4v) is 6.40. The van der Waals surface area contributed by atoms with Gasteiger partial charge >= 0.3 is 11.9 Å². The van der Waals surface area contributed by atoms with Gasteiger partial charge in [0.05, 0.1) is 10.0 Å². The van der Waals surface area contributed by atoms with Crippen molar-refractivity contribution in [3.05, 3.63) is 46.4 Å². The Balaban J connectivity index is 2.10. The van der Waals surface area contributed by atoms with E-state index in [1.54, 1.807) is 0 Å². The summed E-state index contributed by atoms with van der Waals surface area (Å²) in [7, 11) is 2.23. The van der Waals surface area contributed by atoms with E-state index >= 15 is 0 Å². The number of carbonyl (C=O) groups excluding carboxylic acids is 2. The summed E-state index contributed by atoms with van der Waals surface area (Å²) in [5, 5.41) is -0.427. The third-order valence-corrected chi connectivity index (χ3v) is 10.2. The lowest BCUT2D eigenvalue weighted by molar-refractivity contribution is -0.156. The van der Waals surface area contributed by atoms with Crippen LogP contribution in [0.3, 0.4) is 0 Å². The molecule has 0 aliphatic carbocycles. The number of carbonyl (C=O) groups is 2. The molecule has 0 spiro atoms. The van der Waals surface area contributed by atoms with E-state index in [9.17, 15) is 26.4 Å². The molecule has 2 aromatic rings. The topological polar surface area (TPSA) is 134 Å². The summed E-state index contributed by atoms with van der Waals surface area (Å²) < 4.78 is 63.5. The number of rotatable bonds is 12. The highest BCUT2D eigenvalue weighted by atomic mass is 35.5. The summed E-state index contributed by atoms with van der Waals surface area (Å²) in [6.45, 7) is 1.42. The minimum atomic E-state index is -3.92. The van der Waals surface area contributed by atoms with Gasteiger partial charge in [-0.1, -0.05) is 23.2 Å². The largest absolute Gasteiger partial charge is 0.423 e. The molecular formula is C24H32Cl2N4O8S2. The van der Waals surface area contributed by atoms with Crippen molar-refractivity contribution in [1.29, 1.82) is 0 Å². The SMILES string of the molecule is CN(C)CCN(C)S(=O)(=O)c1ccc(OC(=O)C(=O)Oc2ccc(S(=O)(=O)N(C)CCN(C)C)c(Cl)c2)cc1Cl. The number of nitrogens with zero attached hydrogens (tertiary/aromatic N) is 4. The molecule has 0 aliphatic rings. The number of hydrogen-bond acceptors (Lipinski definition) is 10. The zero-order valence-corrected chi connectivity index (χ0v) is 26.1. The molecule has 40 heavy (non-hydrogen) atoms. The van der Waals surface area contributed by atoms with Crippen LogP contribution in [0.25, 0.3) is 0 Å².